The van der Waals surface area contributed by atoms with Gasteiger partial charge in [-0.1, -0.05) is 35.5 Å². The maximum Gasteiger partial charge on any atom is 0.254 e. The Hall–Kier alpha value is -4.07. The first-order valence-corrected chi connectivity index (χ1v) is 10.8. The molecule has 1 atom stereocenters. The Morgan fingerprint density at radius 2 is 1.78 bits per heavy atom. The summed E-state index contributed by atoms with van der Waals surface area (Å²) in [5, 5.41) is 17.1. The quantitative estimate of drug-likeness (QED) is 0.442. The first-order chi connectivity index (χ1) is 15.8. The van der Waals surface area contributed by atoms with Crippen molar-refractivity contribution in [3.8, 4) is 0 Å². The fourth-order valence-electron chi connectivity index (χ4n) is 4.49. The molecule has 1 aliphatic rings. The van der Waals surface area contributed by atoms with Crippen LogP contribution in [-0.2, 0) is 6.54 Å². The van der Waals surface area contributed by atoms with E-state index >= 15 is 0 Å². The number of benzene rings is 2. The van der Waals surface area contributed by atoms with Crippen LogP contribution in [0.3, 0.4) is 0 Å². The lowest BCUT2D eigenvalue weighted by Crippen LogP contribution is -2.31. The fourth-order valence-corrected chi connectivity index (χ4v) is 4.49. The third-order valence-corrected chi connectivity index (χ3v) is 6.11. The average Bonchev–Trinajstić information content (AvgIpc) is 3.57. The summed E-state index contributed by atoms with van der Waals surface area (Å²) in [6, 6.07) is 21.4. The number of nitrogens with zero attached hydrogens (tertiary/aromatic N) is 7. The van der Waals surface area contributed by atoms with Crippen LogP contribution in [0.5, 0.6) is 0 Å². The van der Waals surface area contributed by atoms with Crippen LogP contribution in [0.4, 0.5) is 0 Å². The van der Waals surface area contributed by atoms with Crippen molar-refractivity contribution in [2.24, 2.45) is 0 Å². The number of fused-ring (bicyclic) bond motifs is 2. The summed E-state index contributed by atoms with van der Waals surface area (Å²) in [5.74, 6) is 0.846. The molecule has 1 fully saturated rings. The van der Waals surface area contributed by atoms with Gasteiger partial charge in [-0.05, 0) is 54.8 Å². The first kappa shape index (κ1) is 18.7. The van der Waals surface area contributed by atoms with E-state index in [1.807, 2.05) is 86.9 Å². The average molecular weight is 423 g/mol. The van der Waals surface area contributed by atoms with Gasteiger partial charge in [0.15, 0.2) is 11.5 Å². The number of amides is 1. The van der Waals surface area contributed by atoms with Gasteiger partial charge >= 0.3 is 0 Å². The smallest absolute Gasteiger partial charge is 0.254 e. The standard InChI is InChI=1S/C24H21N7O/c32-24(29-15-5-8-21(29)23-27-26-22-9-3-4-14-30(22)23)18-12-10-17(11-13-18)16-31-20-7-2-1-6-19(20)25-28-31/h1-4,6-7,9-14,21H,5,8,15-16H2. The Morgan fingerprint density at radius 1 is 0.938 bits per heavy atom. The van der Waals surface area contributed by atoms with E-state index in [0.717, 1.165) is 47.5 Å². The fraction of sp³-hybridized carbons (Fsp3) is 0.208. The third kappa shape index (κ3) is 3.11. The number of carbonyl (C=O) groups excluding carboxylic acids is 1. The molecule has 158 valence electrons. The van der Waals surface area contributed by atoms with Gasteiger partial charge in [-0.2, -0.15) is 0 Å². The second-order valence-corrected chi connectivity index (χ2v) is 8.08. The van der Waals surface area contributed by atoms with Gasteiger partial charge in [-0.3, -0.25) is 9.20 Å². The highest BCUT2D eigenvalue weighted by Crippen LogP contribution is 2.32. The van der Waals surface area contributed by atoms with E-state index in [1.165, 1.54) is 0 Å². The van der Waals surface area contributed by atoms with Crippen molar-refractivity contribution in [1.82, 2.24) is 34.5 Å². The van der Waals surface area contributed by atoms with Crippen LogP contribution in [0.2, 0.25) is 0 Å². The second-order valence-electron chi connectivity index (χ2n) is 8.08. The Labute approximate surface area is 184 Å². The number of aromatic nitrogens is 6. The summed E-state index contributed by atoms with van der Waals surface area (Å²) in [6.07, 6.45) is 3.79. The van der Waals surface area contributed by atoms with E-state index < -0.39 is 0 Å². The zero-order chi connectivity index (χ0) is 21.5. The lowest BCUT2D eigenvalue weighted by molar-refractivity contribution is 0.0729. The summed E-state index contributed by atoms with van der Waals surface area (Å²) in [7, 11) is 0. The predicted octanol–water partition coefficient (Wildman–Crippen LogP) is 3.50. The molecule has 1 saturated heterocycles. The second kappa shape index (κ2) is 7.56. The SMILES string of the molecule is O=C(c1ccc(Cn2nnc3ccccc32)cc1)N1CCCC1c1nnc2ccccn12. The van der Waals surface area contributed by atoms with E-state index in [9.17, 15) is 4.79 Å². The summed E-state index contributed by atoms with van der Waals surface area (Å²) < 4.78 is 3.85. The zero-order valence-electron chi connectivity index (χ0n) is 17.4. The Kier molecular flexibility index (Phi) is 4.41. The van der Waals surface area contributed by atoms with Crippen LogP contribution in [0.25, 0.3) is 16.7 Å². The molecule has 1 unspecified atom stereocenters. The molecule has 6 rings (SSSR count). The van der Waals surface area contributed by atoms with E-state index in [1.54, 1.807) is 0 Å². The minimum Gasteiger partial charge on any atom is -0.328 e. The minimum atomic E-state index is -0.0684. The molecule has 1 amide bonds. The maximum absolute atomic E-state index is 13.3. The van der Waals surface area contributed by atoms with Gasteiger partial charge < -0.3 is 4.90 Å². The van der Waals surface area contributed by atoms with Gasteiger partial charge in [-0.15, -0.1) is 15.3 Å². The maximum atomic E-state index is 13.3. The topological polar surface area (TPSA) is 81.2 Å². The molecule has 0 saturated carbocycles. The Bertz CT molecular complexity index is 1420. The molecule has 8 heteroatoms. The number of hydrogen-bond acceptors (Lipinski definition) is 5. The molecule has 0 spiro atoms. The minimum absolute atomic E-state index is 0.0259. The molecule has 4 heterocycles. The monoisotopic (exact) mass is 423 g/mol. The van der Waals surface area contributed by atoms with Gasteiger partial charge in [0.1, 0.15) is 5.52 Å². The molecule has 0 radical (unpaired) electrons. The molecule has 2 aromatic carbocycles. The van der Waals surface area contributed by atoms with Gasteiger partial charge in [0.2, 0.25) is 0 Å². The van der Waals surface area contributed by atoms with Crippen LogP contribution >= 0.6 is 0 Å². The van der Waals surface area contributed by atoms with Crippen LogP contribution in [-0.4, -0.2) is 46.9 Å². The van der Waals surface area contributed by atoms with Crippen molar-refractivity contribution in [2.45, 2.75) is 25.4 Å². The normalized spacial score (nSPS) is 16.2. The van der Waals surface area contributed by atoms with E-state index in [0.29, 0.717) is 12.1 Å². The van der Waals surface area contributed by atoms with Crippen molar-refractivity contribution in [1.29, 1.82) is 0 Å². The molecule has 1 aliphatic heterocycles. The number of carbonyl (C=O) groups is 1. The molecular weight excluding hydrogens is 402 g/mol. The molecule has 5 aromatic rings. The number of rotatable bonds is 4. The lowest BCUT2D eigenvalue weighted by Gasteiger charge is -2.23. The highest BCUT2D eigenvalue weighted by atomic mass is 16.2. The highest BCUT2D eigenvalue weighted by molar-refractivity contribution is 5.94. The summed E-state index contributed by atoms with van der Waals surface area (Å²) in [4.78, 5) is 15.3. The summed E-state index contributed by atoms with van der Waals surface area (Å²) >= 11 is 0. The number of likely N-dealkylation sites (tertiary alicyclic amines) is 1. The van der Waals surface area contributed by atoms with Crippen LogP contribution in [0, 0.1) is 0 Å². The molecule has 0 aliphatic carbocycles. The molecule has 8 nitrogen and oxygen atoms in total. The van der Waals surface area contributed by atoms with E-state index in [-0.39, 0.29) is 11.9 Å². The van der Waals surface area contributed by atoms with Crippen molar-refractivity contribution in [3.05, 3.63) is 89.9 Å². The molecule has 3 aromatic heterocycles. The van der Waals surface area contributed by atoms with Crippen LogP contribution in [0.1, 0.15) is 40.6 Å². The zero-order valence-corrected chi connectivity index (χ0v) is 17.4. The van der Waals surface area contributed by atoms with Crippen molar-refractivity contribution >= 4 is 22.6 Å². The number of para-hydroxylation sites is 1. The van der Waals surface area contributed by atoms with Gasteiger partial charge in [0.05, 0.1) is 18.1 Å². The summed E-state index contributed by atoms with van der Waals surface area (Å²) in [6.45, 7) is 1.32. The molecule has 0 N–H and O–H groups in total. The van der Waals surface area contributed by atoms with Crippen molar-refractivity contribution in [3.63, 3.8) is 0 Å². The van der Waals surface area contributed by atoms with E-state index in [2.05, 4.69) is 20.5 Å². The number of pyridine rings is 1. The number of hydrogen-bond donors (Lipinski definition) is 0. The van der Waals surface area contributed by atoms with Crippen LogP contribution < -0.4 is 0 Å². The molecular formula is C24H21N7O. The first-order valence-electron chi connectivity index (χ1n) is 10.8. The van der Waals surface area contributed by atoms with Crippen LogP contribution in [0.15, 0.2) is 72.9 Å². The lowest BCUT2D eigenvalue weighted by atomic mass is 10.1. The van der Waals surface area contributed by atoms with Crippen molar-refractivity contribution < 1.29 is 4.79 Å². The van der Waals surface area contributed by atoms with Gasteiger partial charge in [0.25, 0.3) is 5.91 Å². The Balaban J connectivity index is 1.23. The molecule has 32 heavy (non-hydrogen) atoms. The largest absolute Gasteiger partial charge is 0.328 e. The van der Waals surface area contributed by atoms with E-state index in [4.69, 9.17) is 0 Å². The predicted molar refractivity (Wildman–Crippen MR) is 119 cm³/mol. The third-order valence-electron chi connectivity index (χ3n) is 6.11. The Morgan fingerprint density at radius 3 is 2.69 bits per heavy atom. The van der Waals surface area contributed by atoms with Crippen molar-refractivity contribution in [2.75, 3.05) is 6.54 Å². The highest BCUT2D eigenvalue weighted by Gasteiger charge is 2.33. The molecule has 0 bridgehead atoms. The van der Waals surface area contributed by atoms with Gasteiger partial charge in [0, 0.05) is 18.3 Å². The van der Waals surface area contributed by atoms with Gasteiger partial charge in [-0.25, -0.2) is 4.68 Å². The summed E-state index contributed by atoms with van der Waals surface area (Å²) in [5.41, 5.74) is 4.41.